The molecule has 0 saturated carbocycles. The molecule has 0 aliphatic carbocycles. The molecule has 1 fully saturated rings. The molecule has 0 spiro atoms. The second kappa shape index (κ2) is 11.6. The van der Waals surface area contributed by atoms with E-state index in [4.69, 9.17) is 14.2 Å². The summed E-state index contributed by atoms with van der Waals surface area (Å²) in [5.41, 5.74) is 3.86. The highest BCUT2D eigenvalue weighted by Crippen LogP contribution is 2.39. The zero-order valence-electron chi connectivity index (χ0n) is 22.1. The van der Waals surface area contributed by atoms with Gasteiger partial charge in [0, 0.05) is 36.2 Å². The van der Waals surface area contributed by atoms with Gasteiger partial charge in [0.1, 0.15) is 18.0 Å². The Morgan fingerprint density at radius 3 is 2.53 bits per heavy atom. The molecule has 2 aliphatic heterocycles. The minimum absolute atomic E-state index is 0.0277. The first-order valence-electron chi connectivity index (χ1n) is 13.0. The van der Waals surface area contributed by atoms with E-state index in [0.717, 1.165) is 30.4 Å². The molecule has 1 saturated heterocycles. The van der Waals surface area contributed by atoms with Crippen LogP contribution in [0.15, 0.2) is 53.9 Å². The van der Waals surface area contributed by atoms with Crippen molar-refractivity contribution in [1.82, 2.24) is 9.80 Å². The minimum Gasteiger partial charge on any atom is -0.497 e. The number of rotatable bonds is 8. The lowest BCUT2D eigenvalue weighted by molar-refractivity contribution is -0.134. The standard InChI is InChI=1S/C30H34N2O5S/c1-20-7-4-5-9-25(20)29-26-11-14-38-27(26)10-12-32(29)28(33)19-31(18-22-8-6-13-37-22)30(34)21-15-23(35-2)17-24(16-21)36-3/h4-5,7,9,11,14-17,22,29H,6,8,10,12-13,18-19H2,1-3H3. The number of benzene rings is 2. The fourth-order valence-electron chi connectivity index (χ4n) is 5.44. The average Bonchev–Trinajstić information content (AvgIpc) is 3.64. The Labute approximate surface area is 227 Å². The van der Waals surface area contributed by atoms with Crippen molar-refractivity contribution in [2.24, 2.45) is 0 Å². The molecule has 3 heterocycles. The summed E-state index contributed by atoms with van der Waals surface area (Å²) in [7, 11) is 3.11. The molecule has 0 N–H and O–H groups in total. The molecule has 2 unspecified atom stereocenters. The molecule has 1 aromatic heterocycles. The quantitative estimate of drug-likeness (QED) is 0.413. The second-order valence-corrected chi connectivity index (χ2v) is 10.8. The Morgan fingerprint density at radius 2 is 1.84 bits per heavy atom. The smallest absolute Gasteiger partial charge is 0.254 e. The number of fused-ring (bicyclic) bond motifs is 1. The molecule has 38 heavy (non-hydrogen) atoms. The number of carbonyl (C=O) groups excluding carboxylic acids is 2. The van der Waals surface area contributed by atoms with Gasteiger partial charge in [-0.05, 0) is 66.5 Å². The van der Waals surface area contributed by atoms with Crippen molar-refractivity contribution < 1.29 is 23.8 Å². The van der Waals surface area contributed by atoms with E-state index >= 15 is 0 Å². The zero-order chi connectivity index (χ0) is 26.6. The predicted octanol–water partition coefficient (Wildman–Crippen LogP) is 4.87. The van der Waals surface area contributed by atoms with E-state index in [0.29, 0.717) is 36.8 Å². The van der Waals surface area contributed by atoms with E-state index in [1.807, 2.05) is 17.0 Å². The van der Waals surface area contributed by atoms with Crippen LogP contribution in [0.2, 0.25) is 0 Å². The maximum absolute atomic E-state index is 14.0. The van der Waals surface area contributed by atoms with Gasteiger partial charge in [0.2, 0.25) is 5.91 Å². The predicted molar refractivity (Wildman–Crippen MR) is 147 cm³/mol. The van der Waals surface area contributed by atoms with Crippen LogP contribution < -0.4 is 9.47 Å². The Morgan fingerprint density at radius 1 is 1.08 bits per heavy atom. The number of aryl methyl sites for hydroxylation is 1. The number of carbonyl (C=O) groups is 2. The van der Waals surface area contributed by atoms with Gasteiger partial charge in [0.15, 0.2) is 0 Å². The zero-order valence-corrected chi connectivity index (χ0v) is 23.0. The van der Waals surface area contributed by atoms with Crippen molar-refractivity contribution in [1.29, 1.82) is 0 Å². The van der Waals surface area contributed by atoms with E-state index in [2.05, 4.69) is 30.5 Å². The van der Waals surface area contributed by atoms with Gasteiger partial charge in [-0.2, -0.15) is 0 Å². The van der Waals surface area contributed by atoms with E-state index in [-0.39, 0.29) is 30.5 Å². The molecule has 2 aromatic carbocycles. The number of amides is 2. The summed E-state index contributed by atoms with van der Waals surface area (Å²) in [4.78, 5) is 32.8. The first-order chi connectivity index (χ1) is 18.5. The molecule has 2 aliphatic rings. The number of methoxy groups -OCH3 is 2. The topological polar surface area (TPSA) is 68.3 Å². The van der Waals surface area contributed by atoms with Crippen LogP contribution in [0.5, 0.6) is 11.5 Å². The number of ether oxygens (including phenoxy) is 3. The summed E-state index contributed by atoms with van der Waals surface area (Å²) in [6.45, 7) is 3.70. The Balaban J connectivity index is 1.45. The summed E-state index contributed by atoms with van der Waals surface area (Å²) < 4.78 is 16.6. The van der Waals surface area contributed by atoms with Gasteiger partial charge in [-0.15, -0.1) is 11.3 Å². The van der Waals surface area contributed by atoms with Crippen LogP contribution >= 0.6 is 11.3 Å². The summed E-state index contributed by atoms with van der Waals surface area (Å²) in [5.74, 6) is 0.733. The first kappa shape index (κ1) is 26.3. The van der Waals surface area contributed by atoms with Crippen LogP contribution in [-0.2, 0) is 16.0 Å². The van der Waals surface area contributed by atoms with Gasteiger partial charge in [-0.3, -0.25) is 9.59 Å². The lowest BCUT2D eigenvalue weighted by atomic mass is 9.90. The summed E-state index contributed by atoms with van der Waals surface area (Å²) >= 11 is 1.74. The SMILES string of the molecule is COc1cc(OC)cc(C(=O)N(CC(=O)N2CCc3sccc3C2c2ccccc2C)CC2CCCO2)c1. The molecule has 200 valence electrons. The van der Waals surface area contributed by atoms with Crippen LogP contribution in [0.3, 0.4) is 0 Å². The fraction of sp³-hybridized carbons (Fsp3) is 0.400. The third kappa shape index (κ3) is 5.42. The van der Waals surface area contributed by atoms with Crippen molar-refractivity contribution in [3.8, 4) is 11.5 Å². The fourth-order valence-corrected chi connectivity index (χ4v) is 6.34. The van der Waals surface area contributed by atoms with Crippen molar-refractivity contribution in [3.05, 3.63) is 81.0 Å². The van der Waals surface area contributed by atoms with Crippen molar-refractivity contribution >= 4 is 23.2 Å². The number of hydrogen-bond donors (Lipinski definition) is 0. The summed E-state index contributed by atoms with van der Waals surface area (Å²) in [6.07, 6.45) is 2.55. The van der Waals surface area contributed by atoms with E-state index in [1.165, 1.54) is 10.4 Å². The van der Waals surface area contributed by atoms with E-state index < -0.39 is 0 Å². The third-order valence-electron chi connectivity index (χ3n) is 7.43. The van der Waals surface area contributed by atoms with E-state index in [9.17, 15) is 9.59 Å². The van der Waals surface area contributed by atoms with Gasteiger partial charge in [0.25, 0.3) is 5.91 Å². The van der Waals surface area contributed by atoms with Crippen LogP contribution in [0.25, 0.3) is 0 Å². The molecule has 2 atom stereocenters. The minimum atomic E-state index is -0.244. The summed E-state index contributed by atoms with van der Waals surface area (Å²) in [6, 6.07) is 15.3. The Bertz CT molecular complexity index is 1280. The molecular formula is C30H34N2O5S. The van der Waals surface area contributed by atoms with Gasteiger partial charge in [-0.1, -0.05) is 24.3 Å². The molecule has 8 heteroatoms. The second-order valence-electron chi connectivity index (χ2n) is 9.82. The number of thiophene rings is 1. The number of hydrogen-bond acceptors (Lipinski definition) is 6. The lowest BCUT2D eigenvalue weighted by Gasteiger charge is -2.38. The molecule has 3 aromatic rings. The molecule has 0 radical (unpaired) electrons. The highest BCUT2D eigenvalue weighted by molar-refractivity contribution is 7.10. The van der Waals surface area contributed by atoms with Crippen LogP contribution in [-0.4, -0.2) is 68.2 Å². The molecule has 2 amide bonds. The van der Waals surface area contributed by atoms with Crippen molar-refractivity contribution in [3.63, 3.8) is 0 Å². The van der Waals surface area contributed by atoms with Crippen molar-refractivity contribution in [2.75, 3.05) is 40.5 Å². The average molecular weight is 535 g/mol. The monoisotopic (exact) mass is 534 g/mol. The maximum atomic E-state index is 14.0. The van der Waals surface area contributed by atoms with Gasteiger partial charge in [0.05, 0.1) is 26.4 Å². The highest BCUT2D eigenvalue weighted by Gasteiger charge is 2.35. The molecular weight excluding hydrogens is 500 g/mol. The molecule has 7 nitrogen and oxygen atoms in total. The largest absolute Gasteiger partial charge is 0.497 e. The van der Waals surface area contributed by atoms with E-state index in [1.54, 1.807) is 48.7 Å². The van der Waals surface area contributed by atoms with Gasteiger partial charge >= 0.3 is 0 Å². The lowest BCUT2D eigenvalue weighted by Crippen LogP contribution is -2.48. The van der Waals surface area contributed by atoms with Crippen LogP contribution in [0, 0.1) is 6.92 Å². The molecule has 5 rings (SSSR count). The molecule has 0 bridgehead atoms. The van der Waals surface area contributed by atoms with Gasteiger partial charge < -0.3 is 24.0 Å². The Hall–Kier alpha value is -3.36. The number of nitrogens with zero attached hydrogens (tertiary/aromatic N) is 2. The van der Waals surface area contributed by atoms with Crippen molar-refractivity contribution in [2.45, 2.75) is 38.3 Å². The summed E-state index contributed by atoms with van der Waals surface area (Å²) in [5, 5.41) is 2.10. The first-order valence-corrected chi connectivity index (χ1v) is 13.9. The third-order valence-corrected chi connectivity index (χ3v) is 8.43. The van der Waals surface area contributed by atoms with Crippen LogP contribution in [0.4, 0.5) is 0 Å². The highest BCUT2D eigenvalue weighted by atomic mass is 32.1. The van der Waals surface area contributed by atoms with Gasteiger partial charge in [-0.25, -0.2) is 0 Å². The normalized spacial score (nSPS) is 18.7. The maximum Gasteiger partial charge on any atom is 0.254 e. The van der Waals surface area contributed by atoms with Crippen LogP contribution in [0.1, 0.15) is 50.8 Å². The Kier molecular flexibility index (Phi) is 8.00.